The van der Waals surface area contributed by atoms with E-state index in [4.69, 9.17) is 5.10 Å². The summed E-state index contributed by atoms with van der Waals surface area (Å²) in [6, 6.07) is 32.9. The molecule has 0 aliphatic heterocycles. The second-order valence-electron chi connectivity index (χ2n) is 10.3. The normalized spacial score (nSPS) is 13.2. The molecule has 1 aromatic heterocycles. The van der Waals surface area contributed by atoms with Gasteiger partial charge in [0.2, 0.25) is 0 Å². The highest BCUT2D eigenvalue weighted by molar-refractivity contribution is 5.95. The predicted octanol–water partition coefficient (Wildman–Crippen LogP) is 5.57. The van der Waals surface area contributed by atoms with E-state index in [1.807, 2.05) is 85.4 Å². The van der Waals surface area contributed by atoms with Gasteiger partial charge in [0.1, 0.15) is 17.7 Å². The summed E-state index contributed by atoms with van der Waals surface area (Å²) in [5, 5.41) is 16.5. The largest absolute Gasteiger partial charge is 0.469 e. The third kappa shape index (κ3) is 6.02. The van der Waals surface area contributed by atoms with Gasteiger partial charge in [0.05, 0.1) is 18.4 Å². The number of rotatable bonds is 12. The number of aliphatic hydroxyl groups is 1. The van der Waals surface area contributed by atoms with Gasteiger partial charge in [0.25, 0.3) is 0 Å². The first kappa shape index (κ1) is 28.0. The van der Waals surface area contributed by atoms with E-state index in [-0.39, 0.29) is 24.5 Å². The van der Waals surface area contributed by atoms with Crippen molar-refractivity contribution >= 4 is 11.8 Å². The van der Waals surface area contributed by atoms with Gasteiger partial charge in [-0.25, -0.2) is 0 Å². The number of aryl methyl sites for hydroxylation is 1. The van der Waals surface area contributed by atoms with Crippen LogP contribution in [0.15, 0.2) is 103 Å². The molecule has 6 heteroatoms. The van der Waals surface area contributed by atoms with Gasteiger partial charge >= 0.3 is 5.97 Å². The van der Waals surface area contributed by atoms with Crippen LogP contribution in [0.1, 0.15) is 55.5 Å². The van der Waals surface area contributed by atoms with Crippen LogP contribution in [-0.2, 0) is 26.3 Å². The average Bonchev–Trinajstić information content (AvgIpc) is 3.43. The summed E-state index contributed by atoms with van der Waals surface area (Å²) in [6.45, 7) is 3.77. The highest BCUT2D eigenvalue weighted by Crippen LogP contribution is 2.40. The molecule has 1 heterocycles. The molecule has 202 valence electrons. The Morgan fingerprint density at radius 2 is 1.33 bits per heavy atom. The van der Waals surface area contributed by atoms with Crippen molar-refractivity contribution in [3.8, 4) is 0 Å². The number of hydrogen-bond donors (Lipinski definition) is 1. The molecule has 1 N–H and O–H groups in total. The van der Waals surface area contributed by atoms with Crippen LogP contribution in [0.3, 0.4) is 0 Å². The van der Waals surface area contributed by atoms with Crippen LogP contribution < -0.4 is 0 Å². The molecule has 0 fully saturated rings. The number of methoxy groups -OCH3 is 1. The molecular weight excluding hydrogens is 488 g/mol. The van der Waals surface area contributed by atoms with Crippen molar-refractivity contribution in [1.29, 1.82) is 0 Å². The summed E-state index contributed by atoms with van der Waals surface area (Å²) in [5.74, 6) is -1.11. The minimum absolute atomic E-state index is 0.109. The second kappa shape index (κ2) is 12.2. The Balaban J connectivity index is 1.71. The SMILES string of the molecule is COC(=O)CC(=O)CC(O)(CCc1ccn(C(c2ccccc2)(c2ccccc2)c2ccccc2)n1)C(C)C. The van der Waals surface area contributed by atoms with Crippen molar-refractivity contribution in [1.82, 2.24) is 9.78 Å². The predicted molar refractivity (Wildman–Crippen MR) is 151 cm³/mol. The van der Waals surface area contributed by atoms with Gasteiger partial charge in [0.15, 0.2) is 0 Å². The second-order valence-corrected chi connectivity index (χ2v) is 10.3. The number of Topliss-reactive ketones (excluding diaryl/α,β-unsaturated/α-hetero) is 1. The van der Waals surface area contributed by atoms with Crippen LogP contribution in [-0.4, -0.2) is 39.4 Å². The lowest BCUT2D eigenvalue weighted by Crippen LogP contribution is -2.39. The lowest BCUT2D eigenvalue weighted by atomic mass is 9.77. The first-order valence-corrected chi connectivity index (χ1v) is 13.3. The van der Waals surface area contributed by atoms with E-state index < -0.39 is 17.1 Å². The van der Waals surface area contributed by atoms with Gasteiger partial charge < -0.3 is 9.84 Å². The third-order valence-corrected chi connectivity index (χ3v) is 7.52. The van der Waals surface area contributed by atoms with E-state index in [9.17, 15) is 14.7 Å². The molecule has 4 aromatic rings. The van der Waals surface area contributed by atoms with Crippen molar-refractivity contribution in [2.24, 2.45) is 5.92 Å². The van der Waals surface area contributed by atoms with E-state index in [0.29, 0.717) is 12.8 Å². The van der Waals surface area contributed by atoms with Crippen LogP contribution in [0.4, 0.5) is 0 Å². The summed E-state index contributed by atoms with van der Waals surface area (Å²) < 4.78 is 6.61. The Hall–Kier alpha value is -4.03. The average molecular weight is 525 g/mol. The standard InChI is InChI=1S/C33H36N2O4/c1-25(2)32(38,24-30(36)23-31(37)39-3)21-19-29-20-22-35(34-29)33(26-13-7-4-8-14-26,27-15-9-5-10-16-27)28-17-11-6-12-18-28/h4-18,20,22,25,38H,19,21,23-24H2,1-3H3. The summed E-state index contributed by atoms with van der Waals surface area (Å²) >= 11 is 0. The highest BCUT2D eigenvalue weighted by atomic mass is 16.5. The Bertz CT molecular complexity index is 1270. The maximum atomic E-state index is 12.5. The number of esters is 1. The minimum atomic E-state index is -1.26. The lowest BCUT2D eigenvalue weighted by molar-refractivity contribution is -0.144. The van der Waals surface area contributed by atoms with Gasteiger partial charge in [-0.15, -0.1) is 0 Å². The number of hydrogen-bond acceptors (Lipinski definition) is 5. The Labute approximate surface area is 230 Å². The minimum Gasteiger partial charge on any atom is -0.469 e. The molecule has 1 unspecified atom stereocenters. The number of benzene rings is 3. The van der Waals surface area contributed by atoms with Gasteiger partial charge in [-0.2, -0.15) is 5.10 Å². The number of carbonyl (C=O) groups is 2. The van der Waals surface area contributed by atoms with Crippen molar-refractivity contribution in [3.05, 3.63) is 126 Å². The molecule has 6 nitrogen and oxygen atoms in total. The first-order chi connectivity index (χ1) is 18.8. The summed E-state index contributed by atoms with van der Waals surface area (Å²) in [6.07, 6.45) is 2.35. The zero-order chi connectivity index (χ0) is 27.9. The molecule has 3 aromatic carbocycles. The lowest BCUT2D eigenvalue weighted by Gasteiger charge is -2.36. The topological polar surface area (TPSA) is 81.4 Å². The van der Waals surface area contributed by atoms with Gasteiger partial charge in [-0.1, -0.05) is 105 Å². The Morgan fingerprint density at radius 1 is 0.846 bits per heavy atom. The number of nitrogens with zero attached hydrogens (tertiary/aromatic N) is 2. The van der Waals surface area contributed by atoms with E-state index in [0.717, 1.165) is 22.4 Å². The maximum Gasteiger partial charge on any atom is 0.313 e. The Kier molecular flexibility index (Phi) is 8.77. The molecule has 39 heavy (non-hydrogen) atoms. The van der Waals surface area contributed by atoms with Crippen LogP contribution in [0, 0.1) is 5.92 Å². The third-order valence-electron chi connectivity index (χ3n) is 7.52. The molecule has 1 atom stereocenters. The van der Waals surface area contributed by atoms with Crippen molar-refractivity contribution in [2.75, 3.05) is 7.11 Å². The molecule has 0 radical (unpaired) electrons. The monoisotopic (exact) mass is 524 g/mol. The molecule has 4 rings (SSSR count). The molecule has 0 spiro atoms. The molecular formula is C33H36N2O4. The molecule has 0 saturated heterocycles. The molecule has 0 saturated carbocycles. The highest BCUT2D eigenvalue weighted by Gasteiger charge is 2.39. The summed E-state index contributed by atoms with van der Waals surface area (Å²) in [7, 11) is 1.25. The van der Waals surface area contributed by atoms with E-state index in [1.165, 1.54) is 7.11 Å². The molecule has 0 bridgehead atoms. The number of ketones is 1. The van der Waals surface area contributed by atoms with Crippen LogP contribution in [0.5, 0.6) is 0 Å². The maximum absolute atomic E-state index is 12.5. The Morgan fingerprint density at radius 3 is 1.77 bits per heavy atom. The molecule has 0 aliphatic carbocycles. The fourth-order valence-corrected chi connectivity index (χ4v) is 5.18. The zero-order valence-corrected chi connectivity index (χ0v) is 22.8. The number of ether oxygens (including phenoxy) is 1. The smallest absolute Gasteiger partial charge is 0.313 e. The van der Waals surface area contributed by atoms with Crippen molar-refractivity contribution < 1.29 is 19.4 Å². The van der Waals surface area contributed by atoms with Crippen LogP contribution >= 0.6 is 0 Å². The summed E-state index contributed by atoms with van der Waals surface area (Å²) in [5.41, 5.74) is 2.05. The van der Waals surface area contributed by atoms with E-state index in [1.54, 1.807) is 0 Å². The van der Waals surface area contributed by atoms with Crippen molar-refractivity contribution in [2.45, 2.75) is 50.7 Å². The number of aromatic nitrogens is 2. The van der Waals surface area contributed by atoms with Gasteiger partial charge in [-0.3, -0.25) is 14.3 Å². The van der Waals surface area contributed by atoms with E-state index >= 15 is 0 Å². The molecule has 0 aliphatic rings. The molecule has 0 amide bonds. The van der Waals surface area contributed by atoms with E-state index in [2.05, 4.69) is 41.1 Å². The van der Waals surface area contributed by atoms with Crippen LogP contribution in [0.25, 0.3) is 0 Å². The van der Waals surface area contributed by atoms with Crippen molar-refractivity contribution in [3.63, 3.8) is 0 Å². The first-order valence-electron chi connectivity index (χ1n) is 13.3. The van der Waals surface area contributed by atoms with Crippen LogP contribution in [0.2, 0.25) is 0 Å². The number of carbonyl (C=O) groups excluding carboxylic acids is 2. The quantitative estimate of drug-likeness (QED) is 0.149. The fraction of sp³-hybridized carbons (Fsp3) is 0.303. The summed E-state index contributed by atoms with van der Waals surface area (Å²) in [4.78, 5) is 24.0. The fourth-order valence-electron chi connectivity index (χ4n) is 5.18. The zero-order valence-electron chi connectivity index (χ0n) is 22.8. The van der Waals surface area contributed by atoms with Gasteiger partial charge in [0, 0.05) is 12.6 Å². The van der Waals surface area contributed by atoms with Gasteiger partial charge in [-0.05, 0) is 41.5 Å².